The largest absolute Gasteiger partial charge is 0.351 e. The van der Waals surface area contributed by atoms with Gasteiger partial charge in [-0.1, -0.05) is 23.2 Å². The van der Waals surface area contributed by atoms with Crippen LogP contribution in [0.4, 0.5) is 16.4 Å². The Hall–Kier alpha value is -1.79. The Labute approximate surface area is 113 Å². The van der Waals surface area contributed by atoms with E-state index >= 15 is 0 Å². The van der Waals surface area contributed by atoms with Crippen molar-refractivity contribution in [2.24, 2.45) is 5.73 Å². The van der Waals surface area contributed by atoms with E-state index in [1.54, 1.807) is 19.1 Å². The number of amides is 2. The van der Waals surface area contributed by atoms with Crippen molar-refractivity contribution in [3.05, 3.63) is 34.1 Å². The Balaban J connectivity index is 2.48. The Kier molecular flexibility index (Phi) is 3.40. The molecule has 0 saturated carbocycles. The summed E-state index contributed by atoms with van der Waals surface area (Å²) in [5.41, 5.74) is 5.76. The number of primary amides is 1. The SMILES string of the molecule is Cc1nc(N(C(N)=O)c2ccc(Cl)c(Cl)c2)n[nH]1. The number of carbonyl (C=O) groups excluding carboxylic acids is 1. The summed E-state index contributed by atoms with van der Waals surface area (Å²) in [6.45, 7) is 1.71. The summed E-state index contributed by atoms with van der Waals surface area (Å²) in [7, 11) is 0. The highest BCUT2D eigenvalue weighted by atomic mass is 35.5. The smallest absolute Gasteiger partial charge is 0.326 e. The van der Waals surface area contributed by atoms with E-state index in [0.717, 1.165) is 4.90 Å². The number of carbonyl (C=O) groups is 1. The van der Waals surface area contributed by atoms with Crippen LogP contribution in [0.25, 0.3) is 0 Å². The van der Waals surface area contributed by atoms with E-state index in [1.807, 2.05) is 0 Å². The molecule has 0 aliphatic rings. The fourth-order valence-corrected chi connectivity index (χ4v) is 1.69. The lowest BCUT2D eigenvalue weighted by molar-refractivity contribution is 0.256. The normalized spacial score (nSPS) is 10.4. The van der Waals surface area contributed by atoms with Gasteiger partial charge < -0.3 is 5.73 Å². The Morgan fingerprint density at radius 2 is 2.11 bits per heavy atom. The van der Waals surface area contributed by atoms with E-state index in [0.29, 0.717) is 21.6 Å². The van der Waals surface area contributed by atoms with E-state index in [9.17, 15) is 4.79 Å². The minimum absolute atomic E-state index is 0.151. The maximum Gasteiger partial charge on any atom is 0.326 e. The maximum atomic E-state index is 11.5. The molecule has 0 bridgehead atoms. The molecule has 0 spiro atoms. The van der Waals surface area contributed by atoms with E-state index in [-0.39, 0.29) is 5.95 Å². The van der Waals surface area contributed by atoms with Crippen LogP contribution in [0.1, 0.15) is 5.82 Å². The summed E-state index contributed by atoms with van der Waals surface area (Å²) in [6, 6.07) is 3.96. The molecule has 0 unspecified atom stereocenters. The van der Waals surface area contributed by atoms with Gasteiger partial charge >= 0.3 is 6.03 Å². The van der Waals surface area contributed by atoms with Crippen molar-refractivity contribution in [2.45, 2.75) is 6.92 Å². The van der Waals surface area contributed by atoms with Crippen molar-refractivity contribution in [1.82, 2.24) is 15.2 Å². The fourth-order valence-electron chi connectivity index (χ4n) is 1.40. The maximum absolute atomic E-state index is 11.5. The number of nitrogens with zero attached hydrogens (tertiary/aromatic N) is 3. The zero-order valence-corrected chi connectivity index (χ0v) is 10.8. The minimum Gasteiger partial charge on any atom is -0.351 e. The number of urea groups is 1. The Bertz CT molecular complexity index is 598. The van der Waals surface area contributed by atoms with Crippen molar-refractivity contribution in [3.63, 3.8) is 0 Å². The van der Waals surface area contributed by atoms with Crippen LogP contribution in [-0.2, 0) is 0 Å². The second-order valence-electron chi connectivity index (χ2n) is 3.49. The molecule has 2 amide bonds. The van der Waals surface area contributed by atoms with Gasteiger partial charge in [-0.15, -0.1) is 5.10 Å². The molecule has 2 aromatic rings. The molecule has 18 heavy (non-hydrogen) atoms. The summed E-state index contributed by atoms with van der Waals surface area (Å²) < 4.78 is 0. The summed E-state index contributed by atoms with van der Waals surface area (Å²) in [5.74, 6) is 0.717. The van der Waals surface area contributed by atoms with Gasteiger partial charge in [0.15, 0.2) is 0 Å². The van der Waals surface area contributed by atoms with Gasteiger partial charge in [-0.25, -0.2) is 9.69 Å². The first-order valence-electron chi connectivity index (χ1n) is 4.92. The second-order valence-corrected chi connectivity index (χ2v) is 4.31. The summed E-state index contributed by atoms with van der Waals surface area (Å²) in [5, 5.41) is 7.21. The number of nitrogens with two attached hydrogens (primary N) is 1. The van der Waals surface area contributed by atoms with Crippen molar-refractivity contribution in [2.75, 3.05) is 4.90 Å². The van der Waals surface area contributed by atoms with Gasteiger partial charge in [-0.3, -0.25) is 5.10 Å². The topological polar surface area (TPSA) is 87.9 Å². The summed E-state index contributed by atoms with van der Waals surface area (Å²) in [4.78, 5) is 16.7. The highest BCUT2D eigenvalue weighted by Gasteiger charge is 2.19. The average Bonchev–Trinajstić information content (AvgIpc) is 2.70. The van der Waals surface area contributed by atoms with Gasteiger partial charge in [0, 0.05) is 0 Å². The van der Waals surface area contributed by atoms with Crippen LogP contribution in [0.5, 0.6) is 0 Å². The number of hydrogen-bond acceptors (Lipinski definition) is 3. The zero-order valence-electron chi connectivity index (χ0n) is 9.32. The van der Waals surface area contributed by atoms with Gasteiger partial charge in [0.2, 0.25) is 0 Å². The van der Waals surface area contributed by atoms with Crippen LogP contribution < -0.4 is 10.6 Å². The van der Waals surface area contributed by atoms with Crippen LogP contribution in [0.15, 0.2) is 18.2 Å². The number of aromatic amines is 1. The molecule has 8 heteroatoms. The molecule has 6 nitrogen and oxygen atoms in total. The lowest BCUT2D eigenvalue weighted by Crippen LogP contribution is -2.32. The minimum atomic E-state index is -0.715. The van der Waals surface area contributed by atoms with Gasteiger partial charge in [0.25, 0.3) is 5.95 Å². The quantitative estimate of drug-likeness (QED) is 0.889. The standard InChI is InChI=1S/C10H9Cl2N5O/c1-5-14-10(16-15-5)17(9(13)18)6-2-3-7(11)8(12)4-6/h2-4H,1H3,(H2,13,18)(H,14,15,16). The third-order valence-corrected chi connectivity index (χ3v) is 2.91. The van der Waals surface area contributed by atoms with Crippen LogP contribution >= 0.6 is 23.2 Å². The number of nitrogens with one attached hydrogen (secondary N) is 1. The van der Waals surface area contributed by atoms with E-state index < -0.39 is 6.03 Å². The molecule has 0 atom stereocenters. The van der Waals surface area contributed by atoms with Gasteiger partial charge in [0.1, 0.15) is 5.82 Å². The molecule has 94 valence electrons. The number of rotatable bonds is 2. The van der Waals surface area contributed by atoms with Crippen LogP contribution in [-0.4, -0.2) is 21.2 Å². The van der Waals surface area contributed by atoms with Crippen LogP contribution in [0.3, 0.4) is 0 Å². The molecule has 0 aliphatic heterocycles. The number of aromatic nitrogens is 3. The Morgan fingerprint density at radius 3 is 2.61 bits per heavy atom. The number of aryl methyl sites for hydroxylation is 1. The molecule has 1 aromatic carbocycles. The first-order valence-corrected chi connectivity index (χ1v) is 5.68. The lowest BCUT2D eigenvalue weighted by Gasteiger charge is -2.16. The number of anilines is 2. The molecule has 1 heterocycles. The third kappa shape index (κ3) is 2.39. The van der Waals surface area contributed by atoms with E-state index in [1.165, 1.54) is 6.07 Å². The molecule has 3 N–H and O–H groups in total. The molecular weight excluding hydrogens is 277 g/mol. The van der Waals surface area contributed by atoms with Gasteiger partial charge in [-0.05, 0) is 25.1 Å². The van der Waals surface area contributed by atoms with Crippen molar-refractivity contribution >= 4 is 40.9 Å². The van der Waals surface area contributed by atoms with Crippen molar-refractivity contribution in [3.8, 4) is 0 Å². The van der Waals surface area contributed by atoms with E-state index in [2.05, 4.69) is 15.2 Å². The number of halogens is 2. The number of benzene rings is 1. The van der Waals surface area contributed by atoms with Crippen LogP contribution in [0.2, 0.25) is 10.0 Å². The van der Waals surface area contributed by atoms with E-state index in [4.69, 9.17) is 28.9 Å². The predicted octanol–water partition coefficient (Wildman–Crippen LogP) is 2.64. The average molecular weight is 286 g/mol. The zero-order chi connectivity index (χ0) is 13.3. The van der Waals surface area contributed by atoms with Crippen molar-refractivity contribution < 1.29 is 4.79 Å². The second kappa shape index (κ2) is 4.83. The molecule has 0 fully saturated rings. The molecular formula is C10H9Cl2N5O. The molecule has 0 aliphatic carbocycles. The van der Waals surface area contributed by atoms with Gasteiger partial charge in [-0.2, -0.15) is 4.98 Å². The highest BCUT2D eigenvalue weighted by molar-refractivity contribution is 6.42. The molecule has 0 radical (unpaired) electrons. The lowest BCUT2D eigenvalue weighted by atomic mass is 10.3. The fraction of sp³-hybridized carbons (Fsp3) is 0.100. The molecule has 1 aromatic heterocycles. The van der Waals surface area contributed by atoms with Gasteiger partial charge in [0.05, 0.1) is 15.7 Å². The summed E-state index contributed by atoms with van der Waals surface area (Å²) >= 11 is 11.7. The molecule has 2 rings (SSSR count). The number of H-pyrrole nitrogens is 1. The van der Waals surface area contributed by atoms with Crippen LogP contribution in [0, 0.1) is 6.92 Å². The Morgan fingerprint density at radius 1 is 1.39 bits per heavy atom. The first kappa shape index (κ1) is 12.7. The molecule has 0 saturated heterocycles. The highest BCUT2D eigenvalue weighted by Crippen LogP contribution is 2.29. The predicted molar refractivity (Wildman–Crippen MR) is 69.3 cm³/mol. The van der Waals surface area contributed by atoms with Crippen molar-refractivity contribution in [1.29, 1.82) is 0 Å². The third-order valence-electron chi connectivity index (χ3n) is 2.17. The first-order chi connectivity index (χ1) is 8.49. The summed E-state index contributed by atoms with van der Waals surface area (Å²) in [6.07, 6.45) is 0. The number of hydrogen-bond donors (Lipinski definition) is 2. The monoisotopic (exact) mass is 285 g/mol.